The quantitative estimate of drug-likeness (QED) is 0.175. The Kier molecular flexibility index (Phi) is 9.11. The number of rotatable bonds is 7. The van der Waals surface area contributed by atoms with Gasteiger partial charge in [0.25, 0.3) is 5.91 Å². The molecular weight excluding hydrogens is 649 g/mol. The topological polar surface area (TPSA) is 104 Å². The van der Waals surface area contributed by atoms with E-state index in [1.807, 2.05) is 0 Å². The van der Waals surface area contributed by atoms with E-state index in [1.165, 1.54) is 12.1 Å². The second kappa shape index (κ2) is 12.6. The molecule has 2 aromatic heterocycles. The zero-order valence-corrected chi connectivity index (χ0v) is 26.8. The van der Waals surface area contributed by atoms with Gasteiger partial charge in [-0.2, -0.15) is 13.2 Å². The van der Waals surface area contributed by atoms with Gasteiger partial charge < -0.3 is 25.4 Å². The summed E-state index contributed by atoms with van der Waals surface area (Å²) >= 11 is 13.2. The summed E-state index contributed by atoms with van der Waals surface area (Å²) in [5, 5.41) is 9.01. The maximum absolute atomic E-state index is 14.3. The van der Waals surface area contributed by atoms with E-state index >= 15 is 0 Å². The molecular formula is C31H31Cl2F4N7O2. The number of hydrogen-bond donors (Lipinski definition) is 3. The van der Waals surface area contributed by atoms with Crippen molar-refractivity contribution < 1.29 is 27.2 Å². The van der Waals surface area contributed by atoms with Crippen molar-refractivity contribution in [2.24, 2.45) is 12.5 Å². The van der Waals surface area contributed by atoms with E-state index in [4.69, 9.17) is 23.2 Å². The molecule has 3 N–H and O–H groups in total. The Hall–Kier alpha value is -4.10. The molecule has 1 saturated heterocycles. The van der Waals surface area contributed by atoms with Crippen LogP contribution in [0.25, 0.3) is 11.0 Å². The van der Waals surface area contributed by atoms with Crippen LogP contribution in [0, 0.1) is 5.41 Å². The van der Waals surface area contributed by atoms with Crippen LogP contribution >= 0.6 is 23.2 Å². The van der Waals surface area contributed by atoms with E-state index in [2.05, 4.69) is 25.9 Å². The Morgan fingerprint density at radius 1 is 1.07 bits per heavy atom. The molecule has 0 radical (unpaired) electrons. The fourth-order valence-electron chi connectivity index (χ4n) is 4.96. The molecule has 244 valence electrons. The number of carbonyl (C=O) groups is 2. The van der Waals surface area contributed by atoms with Crippen molar-refractivity contribution in [3.63, 3.8) is 0 Å². The first-order chi connectivity index (χ1) is 21.5. The largest absolute Gasteiger partial charge is 0.433 e. The van der Waals surface area contributed by atoms with Crippen molar-refractivity contribution in [3.8, 4) is 0 Å². The van der Waals surface area contributed by atoms with Gasteiger partial charge in [-0.25, -0.2) is 14.4 Å². The first kappa shape index (κ1) is 33.3. The van der Waals surface area contributed by atoms with Crippen molar-refractivity contribution in [2.45, 2.75) is 46.1 Å². The maximum Gasteiger partial charge on any atom is 0.433 e. The number of alkyl halides is 4. The van der Waals surface area contributed by atoms with Crippen molar-refractivity contribution in [1.29, 1.82) is 0 Å². The minimum Gasteiger partial charge on any atom is -0.368 e. The van der Waals surface area contributed by atoms with E-state index in [-0.39, 0.29) is 41.8 Å². The molecule has 0 aliphatic carbocycles. The third kappa shape index (κ3) is 7.00. The van der Waals surface area contributed by atoms with Crippen LogP contribution in [-0.4, -0.2) is 45.6 Å². The lowest BCUT2D eigenvalue weighted by Gasteiger charge is -2.21. The first-order valence-corrected chi connectivity index (χ1v) is 15.1. The van der Waals surface area contributed by atoms with Crippen LogP contribution in [0.5, 0.6) is 0 Å². The normalized spacial score (nSPS) is 15.3. The van der Waals surface area contributed by atoms with Gasteiger partial charge in [0.05, 0.1) is 38.0 Å². The lowest BCUT2D eigenvalue weighted by molar-refractivity contribution is -0.141. The zero-order chi connectivity index (χ0) is 33.6. The highest BCUT2D eigenvalue weighted by molar-refractivity contribution is 6.39. The summed E-state index contributed by atoms with van der Waals surface area (Å²) in [5.41, 5.74) is 0.631. The van der Waals surface area contributed by atoms with Gasteiger partial charge in [-0.3, -0.25) is 9.59 Å². The summed E-state index contributed by atoms with van der Waals surface area (Å²) < 4.78 is 55.6. The Morgan fingerprint density at radius 2 is 1.80 bits per heavy atom. The Bertz CT molecular complexity index is 1820. The zero-order valence-electron chi connectivity index (χ0n) is 25.3. The number of nitrogens with zero attached hydrogens (tertiary/aromatic N) is 4. The summed E-state index contributed by atoms with van der Waals surface area (Å²) in [4.78, 5) is 35.8. The number of halogens is 6. The number of amides is 2. The van der Waals surface area contributed by atoms with Gasteiger partial charge in [-0.15, -0.1) is 0 Å². The molecule has 2 aromatic carbocycles. The number of benzene rings is 2. The van der Waals surface area contributed by atoms with Crippen molar-refractivity contribution in [2.75, 3.05) is 28.6 Å². The van der Waals surface area contributed by atoms with Crippen molar-refractivity contribution in [3.05, 3.63) is 69.3 Å². The van der Waals surface area contributed by atoms with Crippen LogP contribution in [0.15, 0.2) is 42.5 Å². The monoisotopic (exact) mass is 679 g/mol. The van der Waals surface area contributed by atoms with E-state index in [0.717, 1.165) is 12.1 Å². The lowest BCUT2D eigenvalue weighted by Crippen LogP contribution is -2.34. The summed E-state index contributed by atoms with van der Waals surface area (Å²) in [6.45, 7) is 5.94. The Labute approximate surface area is 272 Å². The van der Waals surface area contributed by atoms with E-state index in [9.17, 15) is 27.2 Å². The smallest absolute Gasteiger partial charge is 0.368 e. The lowest BCUT2D eigenvalue weighted by atomic mass is 9.95. The van der Waals surface area contributed by atoms with Gasteiger partial charge in [0.1, 0.15) is 17.7 Å². The van der Waals surface area contributed by atoms with E-state index < -0.39 is 29.4 Å². The first-order valence-electron chi connectivity index (χ1n) is 14.3. The number of nitrogens with one attached hydrogen (secondary N) is 3. The number of aromatic nitrogens is 3. The summed E-state index contributed by atoms with van der Waals surface area (Å²) in [6, 6.07) is 9.71. The number of aryl methyl sites for hydroxylation is 1. The Morgan fingerprint density at radius 3 is 2.46 bits per heavy atom. The fourth-order valence-corrected chi connectivity index (χ4v) is 5.50. The van der Waals surface area contributed by atoms with Crippen LogP contribution in [0.4, 0.5) is 40.7 Å². The minimum atomic E-state index is -4.69. The number of imidazole rings is 1. The van der Waals surface area contributed by atoms with Crippen LogP contribution in [-0.2, 0) is 24.6 Å². The molecule has 9 nitrogen and oxygen atoms in total. The molecule has 5 rings (SSSR count). The van der Waals surface area contributed by atoms with Crippen LogP contribution in [0.3, 0.4) is 0 Å². The van der Waals surface area contributed by atoms with Gasteiger partial charge in [0.2, 0.25) is 11.9 Å². The van der Waals surface area contributed by atoms with Crippen LogP contribution in [0.2, 0.25) is 10.0 Å². The molecule has 0 bridgehead atoms. The number of pyridine rings is 1. The third-order valence-corrected chi connectivity index (χ3v) is 8.27. The van der Waals surface area contributed by atoms with Crippen LogP contribution in [0.1, 0.15) is 48.8 Å². The van der Waals surface area contributed by atoms with Crippen LogP contribution < -0.4 is 20.9 Å². The van der Waals surface area contributed by atoms with Gasteiger partial charge in [0.15, 0.2) is 0 Å². The highest BCUT2D eigenvalue weighted by Crippen LogP contribution is 2.38. The molecule has 0 spiro atoms. The third-order valence-electron chi connectivity index (χ3n) is 7.52. The van der Waals surface area contributed by atoms with E-state index in [1.54, 1.807) is 55.5 Å². The molecule has 46 heavy (non-hydrogen) atoms. The predicted molar refractivity (Wildman–Crippen MR) is 171 cm³/mol. The SMILES string of the molecule is Cn1c(Nc2c(Cl)ccc(CNC(=O)C(C)(C)C)c2Cl)nc2cc(C(=O)Nc3cccc(C(F)(F)F)n3)c(N3CC[C@@H](F)C3)cc21. The van der Waals surface area contributed by atoms with Crippen molar-refractivity contribution >= 4 is 69.2 Å². The summed E-state index contributed by atoms with van der Waals surface area (Å²) in [7, 11) is 1.73. The average molecular weight is 681 g/mol. The number of hydrogen-bond acceptors (Lipinski definition) is 6. The van der Waals surface area contributed by atoms with Gasteiger partial charge in [-0.1, -0.05) is 56.1 Å². The highest BCUT2D eigenvalue weighted by atomic mass is 35.5. The molecule has 15 heteroatoms. The number of carbonyl (C=O) groups excluding carboxylic acids is 2. The maximum atomic E-state index is 14.3. The van der Waals surface area contributed by atoms with E-state index in [0.29, 0.717) is 45.5 Å². The number of anilines is 4. The highest BCUT2D eigenvalue weighted by Gasteiger charge is 2.33. The molecule has 1 aliphatic heterocycles. The second-order valence-electron chi connectivity index (χ2n) is 12.0. The fraction of sp³-hybridized carbons (Fsp3) is 0.355. The summed E-state index contributed by atoms with van der Waals surface area (Å²) in [6.07, 6.45) is -5.54. The van der Waals surface area contributed by atoms with Gasteiger partial charge in [0, 0.05) is 32.1 Å². The molecule has 3 heterocycles. The molecule has 1 aliphatic rings. The number of fused-ring (bicyclic) bond motifs is 1. The molecule has 1 atom stereocenters. The van der Waals surface area contributed by atoms with Gasteiger partial charge >= 0.3 is 6.18 Å². The average Bonchev–Trinajstić information content (AvgIpc) is 3.55. The second-order valence-corrected chi connectivity index (χ2v) is 12.8. The Balaban J connectivity index is 1.50. The molecule has 4 aromatic rings. The predicted octanol–water partition coefficient (Wildman–Crippen LogP) is 7.50. The molecule has 1 fully saturated rings. The molecule has 2 amide bonds. The minimum absolute atomic E-state index is 0.0420. The molecule has 0 unspecified atom stereocenters. The molecule has 0 saturated carbocycles. The van der Waals surface area contributed by atoms with Crippen molar-refractivity contribution in [1.82, 2.24) is 19.9 Å². The summed E-state index contributed by atoms with van der Waals surface area (Å²) in [5.74, 6) is -0.869. The standard InChI is InChI=1S/C31H31Cl2F4N7O2/c1-30(2,3)28(46)38-14-16-8-9-19(32)26(25(16)33)42-29-39-20-12-18(21(13-22(20)43(29)4)44-11-10-17(34)15-44)27(45)41-24-7-5-6-23(40-24)31(35,36)37/h5-9,12-13,17H,10-11,14-15H2,1-4H3,(H,38,46)(H,39,42)(H,40,41,45)/t17-/m1/s1. The van der Waals surface area contributed by atoms with Gasteiger partial charge in [-0.05, 0) is 42.3 Å².